The monoisotopic (exact) mass is 528 g/mol. The molecule has 196 valence electrons. The molecular formula is C29H32N6O2S. The standard InChI is InChI=1S/C29H32N6O2S/c1-21-9-7-13-28(22(21)2)32-31-24-10-8-11-25(19-24)38(36,37)35-23(3)27(26-12-5-6-14-29(26)35)20-30-34-17-15-33(4)16-18-34/h5-14,19-20H,15-18H2,1-4H3/b30-20+,32-31?. The SMILES string of the molecule is Cc1cccc(N=Nc2cccc(S(=O)(=O)n3c(C)c(/C=N/N4CCN(C)CC4)c4ccccc43)c2)c1C. The Kier molecular flexibility index (Phi) is 7.14. The van der Waals surface area contributed by atoms with E-state index >= 15 is 0 Å². The molecule has 0 bridgehead atoms. The Labute approximate surface area is 224 Å². The zero-order valence-electron chi connectivity index (χ0n) is 22.2. The number of piperazine rings is 1. The third-order valence-corrected chi connectivity index (χ3v) is 8.94. The molecule has 0 amide bonds. The molecule has 1 saturated heterocycles. The third kappa shape index (κ3) is 4.99. The lowest BCUT2D eigenvalue weighted by Gasteiger charge is -2.30. The summed E-state index contributed by atoms with van der Waals surface area (Å²) < 4.78 is 29.4. The van der Waals surface area contributed by atoms with Crippen LogP contribution in [0, 0.1) is 20.8 Å². The van der Waals surface area contributed by atoms with Crippen LogP contribution < -0.4 is 0 Å². The van der Waals surface area contributed by atoms with E-state index in [4.69, 9.17) is 5.10 Å². The first-order chi connectivity index (χ1) is 18.3. The normalized spacial score (nSPS) is 15.3. The zero-order chi connectivity index (χ0) is 26.9. The molecule has 1 aliphatic heterocycles. The molecule has 38 heavy (non-hydrogen) atoms. The van der Waals surface area contributed by atoms with Gasteiger partial charge in [-0.3, -0.25) is 5.01 Å². The van der Waals surface area contributed by atoms with Crippen LogP contribution in [-0.4, -0.2) is 61.7 Å². The van der Waals surface area contributed by atoms with E-state index in [1.807, 2.05) is 68.2 Å². The van der Waals surface area contributed by atoms with Gasteiger partial charge < -0.3 is 4.90 Å². The first-order valence-electron chi connectivity index (χ1n) is 12.7. The van der Waals surface area contributed by atoms with Crippen LogP contribution in [0.2, 0.25) is 0 Å². The Morgan fingerprint density at radius 1 is 0.842 bits per heavy atom. The predicted molar refractivity (Wildman–Crippen MR) is 152 cm³/mol. The highest BCUT2D eigenvalue weighted by Crippen LogP contribution is 2.31. The van der Waals surface area contributed by atoms with Gasteiger partial charge in [-0.1, -0.05) is 36.4 Å². The van der Waals surface area contributed by atoms with Crippen LogP contribution >= 0.6 is 0 Å². The summed E-state index contributed by atoms with van der Waals surface area (Å²) in [6, 6.07) is 20.0. The van der Waals surface area contributed by atoms with Crippen molar-refractivity contribution in [1.82, 2.24) is 13.9 Å². The molecule has 5 rings (SSSR count). The van der Waals surface area contributed by atoms with Crippen LogP contribution in [0.4, 0.5) is 11.4 Å². The highest BCUT2D eigenvalue weighted by atomic mass is 32.2. The highest BCUT2D eigenvalue weighted by molar-refractivity contribution is 7.90. The Bertz CT molecular complexity index is 1650. The van der Waals surface area contributed by atoms with E-state index in [0.717, 1.165) is 53.9 Å². The molecule has 1 fully saturated rings. The van der Waals surface area contributed by atoms with Crippen LogP contribution in [-0.2, 0) is 10.0 Å². The Hall–Kier alpha value is -3.82. The van der Waals surface area contributed by atoms with E-state index < -0.39 is 10.0 Å². The molecule has 0 N–H and O–H groups in total. The highest BCUT2D eigenvalue weighted by Gasteiger charge is 2.25. The fourth-order valence-electron chi connectivity index (χ4n) is 4.65. The molecule has 4 aromatic rings. The molecule has 2 heterocycles. The summed E-state index contributed by atoms with van der Waals surface area (Å²) in [5, 5.41) is 16.3. The third-order valence-electron chi connectivity index (χ3n) is 7.14. The van der Waals surface area contributed by atoms with Crippen molar-refractivity contribution in [1.29, 1.82) is 0 Å². The van der Waals surface area contributed by atoms with Gasteiger partial charge in [-0.15, -0.1) is 0 Å². The van der Waals surface area contributed by atoms with Gasteiger partial charge in [-0.2, -0.15) is 15.3 Å². The van der Waals surface area contributed by atoms with Gasteiger partial charge in [-0.25, -0.2) is 12.4 Å². The molecule has 0 unspecified atom stereocenters. The average Bonchev–Trinajstić information content (AvgIpc) is 3.21. The minimum Gasteiger partial charge on any atom is -0.303 e. The van der Waals surface area contributed by atoms with Crippen LogP contribution in [0.5, 0.6) is 0 Å². The maximum absolute atomic E-state index is 14.0. The number of para-hydroxylation sites is 1. The lowest BCUT2D eigenvalue weighted by Crippen LogP contribution is -2.41. The second-order valence-corrected chi connectivity index (χ2v) is 11.5. The molecule has 0 spiro atoms. The van der Waals surface area contributed by atoms with Crippen molar-refractivity contribution in [2.24, 2.45) is 15.3 Å². The van der Waals surface area contributed by atoms with Gasteiger partial charge in [0.25, 0.3) is 10.0 Å². The van der Waals surface area contributed by atoms with E-state index in [0.29, 0.717) is 16.9 Å². The number of likely N-dealkylation sites (N-methyl/N-ethyl adjacent to an activating group) is 1. The molecule has 9 heteroatoms. The minimum absolute atomic E-state index is 0.154. The largest absolute Gasteiger partial charge is 0.303 e. The molecule has 1 aliphatic rings. The van der Waals surface area contributed by atoms with E-state index in [2.05, 4.69) is 22.2 Å². The first kappa shape index (κ1) is 25.8. The maximum Gasteiger partial charge on any atom is 0.268 e. The Morgan fingerprint density at radius 2 is 1.58 bits per heavy atom. The van der Waals surface area contributed by atoms with E-state index in [1.54, 1.807) is 30.5 Å². The van der Waals surface area contributed by atoms with Gasteiger partial charge in [0.15, 0.2) is 0 Å². The number of aryl methyl sites for hydroxylation is 1. The van der Waals surface area contributed by atoms with Crippen LogP contribution in [0.25, 0.3) is 10.9 Å². The number of hydrogen-bond donors (Lipinski definition) is 0. The molecule has 3 aromatic carbocycles. The summed E-state index contributed by atoms with van der Waals surface area (Å²) in [5.74, 6) is 0. The van der Waals surface area contributed by atoms with Crippen molar-refractivity contribution in [3.63, 3.8) is 0 Å². The lowest BCUT2D eigenvalue weighted by atomic mass is 10.1. The minimum atomic E-state index is -3.91. The number of azo groups is 1. The molecule has 0 aliphatic carbocycles. The number of aromatic nitrogens is 1. The van der Waals surface area contributed by atoms with Crippen molar-refractivity contribution in [2.45, 2.75) is 25.7 Å². The molecular weight excluding hydrogens is 496 g/mol. The number of hydrazone groups is 1. The van der Waals surface area contributed by atoms with Crippen molar-refractivity contribution < 1.29 is 8.42 Å². The topological polar surface area (TPSA) is 82.6 Å². The van der Waals surface area contributed by atoms with Gasteiger partial charge in [0.05, 0.1) is 28.0 Å². The van der Waals surface area contributed by atoms with Crippen molar-refractivity contribution in [2.75, 3.05) is 33.2 Å². The van der Waals surface area contributed by atoms with Crippen LogP contribution in [0.15, 0.2) is 87.0 Å². The summed E-state index contributed by atoms with van der Waals surface area (Å²) in [6.07, 6.45) is 1.80. The molecule has 1 aromatic heterocycles. The van der Waals surface area contributed by atoms with Gasteiger partial charge in [0.2, 0.25) is 0 Å². The van der Waals surface area contributed by atoms with Crippen molar-refractivity contribution >= 4 is 38.5 Å². The molecule has 0 radical (unpaired) electrons. The summed E-state index contributed by atoms with van der Waals surface area (Å²) in [5.41, 5.74) is 5.43. The number of rotatable bonds is 6. The second kappa shape index (κ2) is 10.5. The smallest absolute Gasteiger partial charge is 0.268 e. The summed E-state index contributed by atoms with van der Waals surface area (Å²) >= 11 is 0. The summed E-state index contributed by atoms with van der Waals surface area (Å²) in [7, 11) is -1.81. The zero-order valence-corrected chi connectivity index (χ0v) is 23.0. The first-order valence-corrected chi connectivity index (χ1v) is 14.1. The van der Waals surface area contributed by atoms with E-state index in [-0.39, 0.29) is 4.90 Å². The van der Waals surface area contributed by atoms with Crippen molar-refractivity contribution in [3.05, 3.63) is 89.1 Å². The summed E-state index contributed by atoms with van der Waals surface area (Å²) in [4.78, 5) is 2.42. The van der Waals surface area contributed by atoms with Crippen molar-refractivity contribution in [3.8, 4) is 0 Å². The molecule has 0 atom stereocenters. The number of nitrogens with zero attached hydrogens (tertiary/aromatic N) is 6. The van der Waals surface area contributed by atoms with Gasteiger partial charge in [0.1, 0.15) is 0 Å². The van der Waals surface area contributed by atoms with Crippen LogP contribution in [0.3, 0.4) is 0 Å². The quantitative estimate of drug-likeness (QED) is 0.234. The van der Waals surface area contributed by atoms with E-state index in [1.165, 1.54) is 3.97 Å². The predicted octanol–water partition coefficient (Wildman–Crippen LogP) is 5.80. The van der Waals surface area contributed by atoms with Gasteiger partial charge in [-0.05, 0) is 69.3 Å². The van der Waals surface area contributed by atoms with Gasteiger partial charge >= 0.3 is 0 Å². The maximum atomic E-state index is 14.0. The van der Waals surface area contributed by atoms with Gasteiger partial charge in [0, 0.05) is 42.8 Å². The number of benzene rings is 3. The Morgan fingerprint density at radius 3 is 2.37 bits per heavy atom. The Balaban J connectivity index is 1.52. The van der Waals surface area contributed by atoms with E-state index in [9.17, 15) is 8.42 Å². The fourth-order valence-corrected chi connectivity index (χ4v) is 6.26. The summed E-state index contributed by atoms with van der Waals surface area (Å²) in [6.45, 7) is 9.42. The second-order valence-electron chi connectivity index (χ2n) is 9.70. The van der Waals surface area contributed by atoms with Crippen LogP contribution in [0.1, 0.15) is 22.4 Å². The average molecular weight is 529 g/mol. The molecule has 0 saturated carbocycles. The lowest BCUT2D eigenvalue weighted by molar-refractivity contribution is 0.159. The molecule has 8 nitrogen and oxygen atoms in total. The number of fused-ring (bicyclic) bond motifs is 1. The number of hydrogen-bond acceptors (Lipinski definition) is 7. The fraction of sp³-hybridized carbons (Fsp3) is 0.276.